The minimum absolute atomic E-state index is 0.898. The van der Waals surface area contributed by atoms with Crippen molar-refractivity contribution in [1.82, 2.24) is 29.6 Å². The van der Waals surface area contributed by atoms with E-state index in [0.29, 0.717) is 0 Å². The summed E-state index contributed by atoms with van der Waals surface area (Å²) in [7, 11) is 8.89. The first-order valence-corrected chi connectivity index (χ1v) is 16.6. The number of fused-ring (bicyclic) bond motifs is 4. The van der Waals surface area contributed by atoms with Crippen LogP contribution in [0.2, 0.25) is 0 Å². The van der Waals surface area contributed by atoms with Crippen LogP contribution in [0.25, 0.3) is 0 Å². The molecular formula is C36H54N8. The Kier molecular flexibility index (Phi) is 12.0. The molecule has 238 valence electrons. The molecule has 8 nitrogen and oxygen atoms in total. The molecule has 0 atom stereocenters. The average molecular weight is 599 g/mol. The zero-order chi connectivity index (χ0) is 30.7. The van der Waals surface area contributed by atoms with E-state index in [2.05, 4.69) is 118 Å². The molecule has 0 amide bonds. The van der Waals surface area contributed by atoms with Gasteiger partial charge >= 0.3 is 0 Å². The van der Waals surface area contributed by atoms with Gasteiger partial charge in [0.05, 0.1) is 22.8 Å². The normalized spacial score (nSPS) is 20.2. The highest BCUT2D eigenvalue weighted by atomic mass is 15.2. The molecule has 0 spiro atoms. The Morgan fingerprint density at radius 3 is 1.02 bits per heavy atom. The van der Waals surface area contributed by atoms with E-state index in [4.69, 9.17) is 9.97 Å². The van der Waals surface area contributed by atoms with E-state index >= 15 is 0 Å². The van der Waals surface area contributed by atoms with Crippen LogP contribution in [-0.2, 0) is 26.2 Å². The minimum atomic E-state index is 0.898. The number of aromatic nitrogens is 2. The quantitative estimate of drug-likeness (QED) is 0.417. The summed E-state index contributed by atoms with van der Waals surface area (Å²) in [4.78, 5) is 24.8. The molecule has 2 aliphatic heterocycles. The van der Waals surface area contributed by atoms with Gasteiger partial charge in [0, 0.05) is 63.7 Å². The lowest BCUT2D eigenvalue weighted by atomic mass is 10.2. The van der Waals surface area contributed by atoms with E-state index in [0.717, 1.165) is 104 Å². The molecule has 0 saturated carbocycles. The lowest BCUT2D eigenvalue weighted by Crippen LogP contribution is -2.33. The van der Waals surface area contributed by atoms with Gasteiger partial charge in [0.25, 0.3) is 0 Å². The van der Waals surface area contributed by atoms with Gasteiger partial charge in [0.15, 0.2) is 0 Å². The predicted molar refractivity (Wildman–Crippen MR) is 183 cm³/mol. The van der Waals surface area contributed by atoms with Gasteiger partial charge < -0.3 is 29.4 Å². The highest BCUT2D eigenvalue weighted by Gasteiger charge is 2.15. The molecule has 8 heteroatoms. The molecule has 4 bridgehead atoms. The molecule has 2 aliphatic rings. The Morgan fingerprint density at radius 2 is 0.705 bits per heavy atom. The van der Waals surface area contributed by atoms with Crippen LogP contribution in [0.3, 0.4) is 0 Å². The van der Waals surface area contributed by atoms with Gasteiger partial charge in [-0.05, 0) is 123 Å². The second-order valence-electron chi connectivity index (χ2n) is 13.1. The molecule has 0 fully saturated rings. The fourth-order valence-corrected chi connectivity index (χ4v) is 6.59. The summed E-state index contributed by atoms with van der Waals surface area (Å²) in [6.07, 6.45) is 4.54. The molecule has 0 aliphatic carbocycles. The van der Waals surface area contributed by atoms with Crippen LogP contribution in [-0.4, -0.2) is 110 Å². The van der Waals surface area contributed by atoms with Gasteiger partial charge in [-0.2, -0.15) is 0 Å². The number of hydrogen-bond acceptors (Lipinski definition) is 8. The summed E-state index contributed by atoms with van der Waals surface area (Å²) in [6.45, 7) is 12.1. The van der Waals surface area contributed by atoms with Crippen LogP contribution in [0.1, 0.15) is 48.5 Å². The number of anilines is 2. The first kappa shape index (κ1) is 32.4. The zero-order valence-electron chi connectivity index (χ0n) is 27.7. The average Bonchev–Trinajstić information content (AvgIpc) is 2.99. The third-order valence-corrected chi connectivity index (χ3v) is 8.89. The van der Waals surface area contributed by atoms with Crippen LogP contribution < -0.4 is 9.80 Å². The minimum Gasteiger partial charge on any atom is -0.371 e. The van der Waals surface area contributed by atoms with Crippen molar-refractivity contribution in [2.24, 2.45) is 0 Å². The maximum Gasteiger partial charge on any atom is 0.0547 e. The van der Waals surface area contributed by atoms with Gasteiger partial charge in [-0.3, -0.25) is 9.97 Å². The van der Waals surface area contributed by atoms with Crippen LogP contribution in [0.4, 0.5) is 11.4 Å². The summed E-state index contributed by atoms with van der Waals surface area (Å²) >= 11 is 0. The maximum atomic E-state index is 4.93. The van der Waals surface area contributed by atoms with Gasteiger partial charge in [-0.15, -0.1) is 0 Å². The number of benzene rings is 1. The van der Waals surface area contributed by atoms with E-state index in [-0.39, 0.29) is 0 Å². The summed E-state index contributed by atoms with van der Waals surface area (Å²) < 4.78 is 0. The number of nitrogens with zero attached hydrogens (tertiary/aromatic N) is 8. The van der Waals surface area contributed by atoms with Crippen molar-refractivity contribution in [2.45, 2.75) is 51.9 Å². The van der Waals surface area contributed by atoms with Gasteiger partial charge in [-0.25, -0.2) is 0 Å². The van der Waals surface area contributed by atoms with Gasteiger partial charge in [0.1, 0.15) is 0 Å². The Labute approximate surface area is 266 Å². The Morgan fingerprint density at radius 1 is 0.409 bits per heavy atom. The lowest BCUT2D eigenvalue weighted by Gasteiger charge is -2.31. The highest BCUT2D eigenvalue weighted by molar-refractivity contribution is 5.59. The fraction of sp³-hybridized carbons (Fsp3) is 0.556. The molecule has 0 radical (unpaired) electrons. The summed E-state index contributed by atoms with van der Waals surface area (Å²) in [5, 5.41) is 0. The SMILES string of the molecule is CN1CCCN(c2cccc(N3CCCN(C)Cc4cccc(n4)CN(C)CCC3)c2)CCCN(C)Cc2cccc(n2)C1. The molecule has 2 aromatic heterocycles. The van der Waals surface area contributed by atoms with E-state index in [1.54, 1.807) is 0 Å². The highest BCUT2D eigenvalue weighted by Crippen LogP contribution is 2.24. The largest absolute Gasteiger partial charge is 0.371 e. The van der Waals surface area contributed by atoms with Crippen LogP contribution in [0.5, 0.6) is 0 Å². The van der Waals surface area contributed by atoms with Gasteiger partial charge in [-0.1, -0.05) is 18.2 Å². The first-order chi connectivity index (χ1) is 21.4. The second kappa shape index (κ2) is 16.3. The van der Waals surface area contributed by atoms with Crippen molar-refractivity contribution < 1.29 is 0 Å². The first-order valence-electron chi connectivity index (χ1n) is 16.6. The Hall–Kier alpha value is -3.04. The molecular weight excluding hydrogens is 544 g/mol. The van der Waals surface area contributed by atoms with Crippen molar-refractivity contribution in [3.8, 4) is 0 Å². The van der Waals surface area contributed by atoms with Crippen molar-refractivity contribution >= 4 is 11.4 Å². The maximum absolute atomic E-state index is 4.93. The van der Waals surface area contributed by atoms with E-state index in [1.165, 1.54) is 34.2 Å². The summed E-state index contributed by atoms with van der Waals surface area (Å²) in [5.41, 5.74) is 7.37. The predicted octanol–water partition coefficient (Wildman–Crippen LogP) is 4.80. The molecule has 0 unspecified atom stereocenters. The molecule has 0 N–H and O–H groups in total. The molecule has 44 heavy (non-hydrogen) atoms. The molecule has 5 rings (SSSR count). The van der Waals surface area contributed by atoms with Crippen molar-refractivity contribution in [1.29, 1.82) is 0 Å². The Bertz CT molecular complexity index is 1140. The topological polar surface area (TPSA) is 45.2 Å². The van der Waals surface area contributed by atoms with Crippen LogP contribution >= 0.6 is 0 Å². The van der Waals surface area contributed by atoms with Crippen LogP contribution in [0.15, 0.2) is 60.7 Å². The van der Waals surface area contributed by atoms with Crippen molar-refractivity contribution in [2.75, 3.05) is 90.3 Å². The smallest absolute Gasteiger partial charge is 0.0547 e. The number of pyridine rings is 2. The van der Waals surface area contributed by atoms with Crippen LogP contribution in [0, 0.1) is 0 Å². The van der Waals surface area contributed by atoms with E-state index in [9.17, 15) is 0 Å². The van der Waals surface area contributed by atoms with Gasteiger partial charge in [0.2, 0.25) is 0 Å². The molecule has 4 heterocycles. The van der Waals surface area contributed by atoms with E-state index in [1.807, 2.05) is 0 Å². The number of hydrogen-bond donors (Lipinski definition) is 0. The summed E-state index contributed by atoms with van der Waals surface area (Å²) in [5.74, 6) is 0. The summed E-state index contributed by atoms with van der Waals surface area (Å²) in [6, 6.07) is 22.3. The van der Waals surface area contributed by atoms with Crippen molar-refractivity contribution in [3.63, 3.8) is 0 Å². The third kappa shape index (κ3) is 9.99. The Balaban J connectivity index is 1.27. The number of rotatable bonds is 2. The second-order valence-corrected chi connectivity index (χ2v) is 13.1. The fourth-order valence-electron chi connectivity index (χ4n) is 6.59. The molecule has 3 aromatic rings. The third-order valence-electron chi connectivity index (χ3n) is 8.89. The van der Waals surface area contributed by atoms with Crippen molar-refractivity contribution in [3.05, 3.63) is 83.4 Å². The monoisotopic (exact) mass is 598 g/mol. The zero-order valence-corrected chi connectivity index (χ0v) is 27.7. The van der Waals surface area contributed by atoms with E-state index < -0.39 is 0 Å². The standard InChI is InChI=1S/C36H54N8/c1-39-18-8-22-43(23-9-19-40(2)28-32-13-5-12-31(27-39)37-32)35-16-7-17-36(26-35)44-24-10-20-41(3)29-33-14-6-15-34(38-33)30-42(4)21-11-25-44/h5-7,12-17,26H,8-11,18-25,27-30H2,1-4H3. The molecule has 1 aromatic carbocycles. The lowest BCUT2D eigenvalue weighted by molar-refractivity contribution is 0.304. The molecule has 0 saturated heterocycles.